The molecule has 5 heteroatoms. The first-order chi connectivity index (χ1) is 6.58. The molecule has 76 valence electrons. The molecule has 0 bridgehead atoms. The first kappa shape index (κ1) is 9.33. The zero-order chi connectivity index (χ0) is 10.2. The third-order valence-corrected chi connectivity index (χ3v) is 2.61. The number of nitrogens with zero attached hydrogens (tertiary/aromatic N) is 2. The van der Waals surface area contributed by atoms with E-state index in [1.165, 1.54) is 0 Å². The summed E-state index contributed by atoms with van der Waals surface area (Å²) in [5.74, 6) is -0.104. The molecule has 4 nitrogen and oxygen atoms in total. The largest absolute Gasteiger partial charge is 0.388 e. The van der Waals surface area contributed by atoms with Crippen molar-refractivity contribution in [2.45, 2.75) is 31.4 Å². The van der Waals surface area contributed by atoms with Crippen LogP contribution in [0.25, 0.3) is 0 Å². The third kappa shape index (κ3) is 1.68. The zero-order valence-electron chi connectivity index (χ0n) is 7.87. The Bertz CT molecular complexity index is 325. The molecule has 0 radical (unpaired) electrons. The molecule has 2 rings (SSSR count). The van der Waals surface area contributed by atoms with Gasteiger partial charge in [-0.3, -0.25) is 0 Å². The van der Waals surface area contributed by atoms with Gasteiger partial charge in [-0.05, 0) is 19.8 Å². The van der Waals surface area contributed by atoms with Gasteiger partial charge < -0.3 is 10.4 Å². The molecule has 0 spiro atoms. The van der Waals surface area contributed by atoms with Crippen molar-refractivity contribution in [3.63, 3.8) is 0 Å². The van der Waals surface area contributed by atoms with Gasteiger partial charge in [-0.2, -0.15) is 0 Å². The first-order valence-corrected chi connectivity index (χ1v) is 4.54. The van der Waals surface area contributed by atoms with E-state index >= 15 is 0 Å². The molecule has 2 N–H and O–H groups in total. The topological polar surface area (TPSA) is 58.0 Å². The van der Waals surface area contributed by atoms with Gasteiger partial charge in [0.1, 0.15) is 0 Å². The van der Waals surface area contributed by atoms with Crippen LogP contribution in [0.15, 0.2) is 12.4 Å². The van der Waals surface area contributed by atoms with Gasteiger partial charge in [0, 0.05) is 0 Å². The summed E-state index contributed by atoms with van der Waals surface area (Å²) >= 11 is 0. The van der Waals surface area contributed by atoms with E-state index in [0.29, 0.717) is 5.95 Å². The fraction of sp³-hybridized carbons (Fsp3) is 0.556. The Hall–Kier alpha value is -1.23. The third-order valence-electron chi connectivity index (χ3n) is 2.61. The summed E-state index contributed by atoms with van der Waals surface area (Å²) in [6.45, 7) is 1.76. The lowest BCUT2D eigenvalue weighted by Gasteiger charge is -2.42. The predicted molar refractivity (Wildman–Crippen MR) is 49.3 cm³/mol. The van der Waals surface area contributed by atoms with Gasteiger partial charge in [0.15, 0.2) is 5.82 Å². The van der Waals surface area contributed by atoms with Crippen LogP contribution >= 0.6 is 0 Å². The summed E-state index contributed by atoms with van der Waals surface area (Å²) in [7, 11) is 0. The minimum absolute atomic E-state index is 0.0343. The summed E-state index contributed by atoms with van der Waals surface area (Å²) in [6.07, 6.45) is 3.85. The van der Waals surface area contributed by atoms with Crippen LogP contribution in [0.2, 0.25) is 0 Å². The maximum atomic E-state index is 12.5. The second-order valence-corrected chi connectivity index (χ2v) is 3.82. The van der Waals surface area contributed by atoms with Crippen molar-refractivity contribution >= 4 is 5.95 Å². The number of rotatable bonds is 2. The number of hydrogen-bond donors (Lipinski definition) is 2. The molecule has 1 aliphatic rings. The normalized spacial score (nSPS) is 30.9. The van der Waals surface area contributed by atoms with Crippen molar-refractivity contribution in [3.05, 3.63) is 18.2 Å². The van der Waals surface area contributed by atoms with E-state index in [4.69, 9.17) is 0 Å². The molecular weight excluding hydrogens is 185 g/mol. The van der Waals surface area contributed by atoms with Crippen LogP contribution in [-0.4, -0.2) is 26.7 Å². The van der Waals surface area contributed by atoms with E-state index in [9.17, 15) is 9.50 Å². The molecule has 1 saturated carbocycles. The minimum Gasteiger partial charge on any atom is -0.388 e. The molecule has 0 saturated heterocycles. The highest BCUT2D eigenvalue weighted by Crippen LogP contribution is 2.33. The van der Waals surface area contributed by atoms with Crippen molar-refractivity contribution in [2.24, 2.45) is 0 Å². The number of halogens is 1. The summed E-state index contributed by atoms with van der Waals surface area (Å²) in [5, 5.41) is 12.7. The van der Waals surface area contributed by atoms with Gasteiger partial charge in [-0.25, -0.2) is 14.4 Å². The Morgan fingerprint density at radius 3 is 2.64 bits per heavy atom. The molecule has 1 aliphatic carbocycles. The Labute approximate surface area is 81.2 Å². The van der Waals surface area contributed by atoms with E-state index < -0.39 is 11.4 Å². The fourth-order valence-corrected chi connectivity index (χ4v) is 1.48. The van der Waals surface area contributed by atoms with Crippen molar-refractivity contribution in [1.29, 1.82) is 0 Å². The van der Waals surface area contributed by atoms with Gasteiger partial charge >= 0.3 is 0 Å². The van der Waals surface area contributed by atoms with Crippen LogP contribution < -0.4 is 5.32 Å². The average molecular weight is 197 g/mol. The lowest BCUT2D eigenvalue weighted by molar-refractivity contribution is -0.0288. The standard InChI is InChI=1S/C9H12FN3O/c1-9(14)3-2-7(9)13-8-11-4-6(10)5-12-8/h4-5,7,14H,2-3H2,1H3,(H,11,12,13)/t7-,9-/m1/s1. The van der Waals surface area contributed by atoms with Gasteiger partial charge in [-0.1, -0.05) is 0 Å². The Morgan fingerprint density at radius 1 is 1.57 bits per heavy atom. The van der Waals surface area contributed by atoms with E-state index in [0.717, 1.165) is 25.2 Å². The van der Waals surface area contributed by atoms with Crippen LogP contribution in [-0.2, 0) is 0 Å². The highest BCUT2D eigenvalue weighted by Gasteiger charge is 2.41. The van der Waals surface area contributed by atoms with E-state index in [1.807, 2.05) is 0 Å². The molecule has 2 atom stereocenters. The maximum Gasteiger partial charge on any atom is 0.223 e. The fourth-order valence-electron chi connectivity index (χ4n) is 1.48. The molecule has 1 fully saturated rings. The SMILES string of the molecule is C[C@@]1(O)CC[C@H]1Nc1ncc(F)cn1. The quantitative estimate of drug-likeness (QED) is 0.740. The smallest absolute Gasteiger partial charge is 0.223 e. The highest BCUT2D eigenvalue weighted by molar-refractivity contribution is 5.28. The monoisotopic (exact) mass is 197 g/mol. The van der Waals surface area contributed by atoms with E-state index in [-0.39, 0.29) is 6.04 Å². The van der Waals surface area contributed by atoms with Crippen molar-refractivity contribution in [1.82, 2.24) is 9.97 Å². The molecule has 1 heterocycles. The Balaban J connectivity index is 2.01. The number of anilines is 1. The number of aromatic nitrogens is 2. The van der Waals surface area contributed by atoms with Crippen LogP contribution in [0, 0.1) is 5.82 Å². The van der Waals surface area contributed by atoms with Gasteiger partial charge in [-0.15, -0.1) is 0 Å². The van der Waals surface area contributed by atoms with Gasteiger partial charge in [0.25, 0.3) is 0 Å². The van der Waals surface area contributed by atoms with Crippen molar-refractivity contribution in [2.75, 3.05) is 5.32 Å². The molecule has 1 aromatic rings. The minimum atomic E-state index is -0.697. The van der Waals surface area contributed by atoms with Crippen LogP contribution in [0.1, 0.15) is 19.8 Å². The van der Waals surface area contributed by atoms with Gasteiger partial charge in [0.2, 0.25) is 5.95 Å². The second-order valence-electron chi connectivity index (χ2n) is 3.82. The zero-order valence-corrected chi connectivity index (χ0v) is 7.87. The molecule has 14 heavy (non-hydrogen) atoms. The van der Waals surface area contributed by atoms with Crippen LogP contribution in [0.4, 0.5) is 10.3 Å². The molecule has 1 aromatic heterocycles. The summed E-state index contributed by atoms with van der Waals surface area (Å²) in [6, 6.07) is -0.0343. The first-order valence-electron chi connectivity index (χ1n) is 4.54. The van der Waals surface area contributed by atoms with E-state index in [1.54, 1.807) is 6.92 Å². The number of hydrogen-bond acceptors (Lipinski definition) is 4. The lowest BCUT2D eigenvalue weighted by Crippen LogP contribution is -2.53. The van der Waals surface area contributed by atoms with E-state index in [2.05, 4.69) is 15.3 Å². The Morgan fingerprint density at radius 2 is 2.21 bits per heavy atom. The average Bonchev–Trinajstić information content (AvgIpc) is 2.15. The highest BCUT2D eigenvalue weighted by atomic mass is 19.1. The van der Waals surface area contributed by atoms with Gasteiger partial charge in [0.05, 0.1) is 24.0 Å². The molecular formula is C9H12FN3O. The molecule has 0 aromatic carbocycles. The summed E-state index contributed by atoms with van der Waals surface area (Å²) < 4.78 is 12.5. The summed E-state index contributed by atoms with van der Waals surface area (Å²) in [4.78, 5) is 7.51. The lowest BCUT2D eigenvalue weighted by atomic mass is 9.76. The number of nitrogens with one attached hydrogen (secondary N) is 1. The van der Waals surface area contributed by atoms with Crippen molar-refractivity contribution in [3.8, 4) is 0 Å². The molecule has 0 amide bonds. The van der Waals surface area contributed by atoms with Crippen molar-refractivity contribution < 1.29 is 9.50 Å². The molecule has 0 aliphatic heterocycles. The Kier molecular flexibility index (Phi) is 2.11. The summed E-state index contributed by atoms with van der Waals surface area (Å²) in [5.41, 5.74) is -0.697. The number of aliphatic hydroxyl groups is 1. The van der Waals surface area contributed by atoms with Crippen LogP contribution in [0.5, 0.6) is 0 Å². The second kappa shape index (κ2) is 3.16. The molecule has 0 unspecified atom stereocenters. The predicted octanol–water partition coefficient (Wildman–Crippen LogP) is 0.941. The van der Waals surface area contributed by atoms with Crippen LogP contribution in [0.3, 0.4) is 0 Å². The maximum absolute atomic E-state index is 12.5.